The highest BCUT2D eigenvalue weighted by Gasteiger charge is 2.47. The number of ether oxygens (including phenoxy) is 1. The lowest BCUT2D eigenvalue weighted by Gasteiger charge is -2.32. The first-order valence-corrected chi connectivity index (χ1v) is 9.08. The van der Waals surface area contributed by atoms with E-state index in [0.717, 1.165) is 11.2 Å². The molecule has 0 aromatic carbocycles. The van der Waals surface area contributed by atoms with Crippen LogP contribution in [-0.2, 0) is 4.74 Å². The molecule has 0 aromatic heterocycles. The zero-order chi connectivity index (χ0) is 14.8. The van der Waals surface area contributed by atoms with Gasteiger partial charge in [-0.1, -0.05) is 22.4 Å². The molecule has 20 heavy (non-hydrogen) atoms. The van der Waals surface area contributed by atoms with E-state index in [1.165, 1.54) is 38.5 Å². The second kappa shape index (κ2) is 6.67. The van der Waals surface area contributed by atoms with Crippen LogP contribution in [0.25, 0.3) is 0 Å². The Hall–Kier alpha value is -0.250. The molecule has 0 aromatic rings. The minimum atomic E-state index is -0.410. The van der Waals surface area contributed by atoms with Crippen molar-refractivity contribution in [2.24, 2.45) is 17.8 Å². The second-order valence-electron chi connectivity index (χ2n) is 7.35. The number of carbonyl (C=O) groups excluding carboxylic acids is 1. The van der Waals surface area contributed by atoms with E-state index in [1.807, 2.05) is 20.8 Å². The third-order valence-electron chi connectivity index (χ3n) is 4.69. The molecule has 4 heteroatoms. The highest BCUT2D eigenvalue weighted by atomic mass is 79.9. The zero-order valence-electron chi connectivity index (χ0n) is 13.0. The maximum atomic E-state index is 12.0. The van der Waals surface area contributed by atoms with Crippen molar-refractivity contribution >= 4 is 22.0 Å². The lowest BCUT2D eigenvalue weighted by molar-refractivity contribution is 0.0459. The fourth-order valence-corrected chi connectivity index (χ4v) is 4.37. The minimum Gasteiger partial charge on any atom is -0.444 e. The molecule has 0 aliphatic heterocycles. The zero-order valence-corrected chi connectivity index (χ0v) is 14.5. The van der Waals surface area contributed by atoms with Crippen LogP contribution in [0.3, 0.4) is 0 Å². The first-order chi connectivity index (χ1) is 9.40. The Morgan fingerprint density at radius 3 is 2.60 bits per heavy atom. The summed E-state index contributed by atoms with van der Waals surface area (Å²) >= 11 is 3.50. The molecule has 116 valence electrons. The van der Waals surface area contributed by atoms with Crippen molar-refractivity contribution in [3.8, 4) is 0 Å². The number of nitrogens with one attached hydrogen (secondary N) is 1. The third kappa shape index (κ3) is 4.12. The Balaban J connectivity index is 1.89. The molecule has 1 amide bonds. The van der Waals surface area contributed by atoms with Gasteiger partial charge in [0.15, 0.2) is 0 Å². The van der Waals surface area contributed by atoms with E-state index in [0.29, 0.717) is 17.9 Å². The number of halogens is 1. The van der Waals surface area contributed by atoms with Crippen molar-refractivity contribution in [2.75, 3.05) is 5.33 Å². The van der Waals surface area contributed by atoms with E-state index < -0.39 is 5.60 Å². The van der Waals surface area contributed by atoms with Gasteiger partial charge in [-0.15, -0.1) is 0 Å². The van der Waals surface area contributed by atoms with Gasteiger partial charge in [0.05, 0.1) is 0 Å². The maximum absolute atomic E-state index is 12.0. The summed E-state index contributed by atoms with van der Waals surface area (Å²) in [6.45, 7) is 5.75. The van der Waals surface area contributed by atoms with Gasteiger partial charge in [0.25, 0.3) is 0 Å². The largest absolute Gasteiger partial charge is 0.444 e. The smallest absolute Gasteiger partial charge is 0.407 e. The number of carbonyl (C=O) groups is 1. The molecular weight excluding hydrogens is 318 g/mol. The van der Waals surface area contributed by atoms with E-state index in [9.17, 15) is 4.79 Å². The Labute approximate surface area is 131 Å². The van der Waals surface area contributed by atoms with E-state index >= 15 is 0 Å². The standard InChI is InChI=1S/C16H28BrNO2/c1-16(2,3)20-15(19)18-14-12-8-7-11(10-12)13(14)6-4-5-9-17/h11-14H,4-10H2,1-3H3,(H,18,19)/t11-,12+,13-,14-/m0/s1. The normalized spacial score (nSPS) is 32.4. The van der Waals surface area contributed by atoms with E-state index in [-0.39, 0.29) is 6.09 Å². The summed E-state index contributed by atoms with van der Waals surface area (Å²) in [4.78, 5) is 12.0. The predicted molar refractivity (Wildman–Crippen MR) is 85.1 cm³/mol. The highest BCUT2D eigenvalue weighted by molar-refractivity contribution is 9.09. The van der Waals surface area contributed by atoms with Gasteiger partial charge in [0, 0.05) is 11.4 Å². The summed E-state index contributed by atoms with van der Waals surface area (Å²) in [6.07, 6.45) is 7.43. The van der Waals surface area contributed by atoms with Crippen molar-refractivity contribution in [1.29, 1.82) is 0 Å². The Kier molecular flexibility index (Phi) is 5.38. The molecule has 2 bridgehead atoms. The number of amides is 1. The van der Waals surface area contributed by atoms with Gasteiger partial charge < -0.3 is 10.1 Å². The van der Waals surface area contributed by atoms with Crippen LogP contribution < -0.4 is 5.32 Å². The lowest BCUT2D eigenvalue weighted by atomic mass is 9.81. The number of alkyl carbamates (subject to hydrolysis) is 1. The molecule has 0 saturated heterocycles. The van der Waals surface area contributed by atoms with E-state index in [4.69, 9.17) is 4.74 Å². The minimum absolute atomic E-state index is 0.236. The molecule has 0 unspecified atom stereocenters. The summed E-state index contributed by atoms with van der Waals surface area (Å²) in [7, 11) is 0. The second-order valence-corrected chi connectivity index (χ2v) is 8.15. The lowest BCUT2D eigenvalue weighted by Crippen LogP contribution is -2.46. The van der Waals surface area contributed by atoms with Crippen molar-refractivity contribution in [2.45, 2.75) is 70.9 Å². The van der Waals surface area contributed by atoms with Crippen molar-refractivity contribution in [3.63, 3.8) is 0 Å². The first kappa shape index (κ1) is 16.1. The van der Waals surface area contributed by atoms with Gasteiger partial charge >= 0.3 is 6.09 Å². The maximum Gasteiger partial charge on any atom is 0.407 e. The molecule has 0 heterocycles. The molecule has 2 saturated carbocycles. The summed E-state index contributed by atoms with van der Waals surface area (Å²) in [5, 5.41) is 4.25. The van der Waals surface area contributed by atoms with Crippen molar-refractivity contribution in [3.05, 3.63) is 0 Å². The van der Waals surface area contributed by atoms with Crippen molar-refractivity contribution < 1.29 is 9.53 Å². The quantitative estimate of drug-likeness (QED) is 0.588. The van der Waals surface area contributed by atoms with Crippen LogP contribution in [0.15, 0.2) is 0 Å². The molecule has 2 aliphatic carbocycles. The SMILES string of the molecule is CC(C)(C)OC(=O)N[C@H]1[C@@H]2CC[C@@H](C2)[C@@H]1CCCCBr. The number of fused-ring (bicyclic) bond motifs is 2. The summed E-state index contributed by atoms with van der Waals surface area (Å²) in [5.74, 6) is 2.18. The first-order valence-electron chi connectivity index (χ1n) is 7.96. The van der Waals surface area contributed by atoms with Crippen LogP contribution in [0.5, 0.6) is 0 Å². The number of rotatable bonds is 5. The number of unbranched alkanes of at least 4 members (excludes halogenated alkanes) is 1. The van der Waals surface area contributed by atoms with Crippen LogP contribution in [-0.4, -0.2) is 23.1 Å². The van der Waals surface area contributed by atoms with E-state index in [2.05, 4.69) is 21.2 Å². The fraction of sp³-hybridized carbons (Fsp3) is 0.938. The third-order valence-corrected chi connectivity index (χ3v) is 5.25. The van der Waals surface area contributed by atoms with Gasteiger partial charge in [-0.3, -0.25) is 0 Å². The van der Waals surface area contributed by atoms with Gasteiger partial charge in [-0.05, 0) is 70.6 Å². The molecule has 0 radical (unpaired) electrons. The number of alkyl halides is 1. The van der Waals surface area contributed by atoms with Gasteiger partial charge in [-0.2, -0.15) is 0 Å². The molecule has 0 spiro atoms. The van der Waals surface area contributed by atoms with Crippen LogP contribution in [0, 0.1) is 17.8 Å². The van der Waals surface area contributed by atoms with E-state index in [1.54, 1.807) is 0 Å². The highest BCUT2D eigenvalue weighted by Crippen LogP contribution is 2.50. The fourth-order valence-electron chi connectivity index (χ4n) is 3.97. The number of hydrogen-bond acceptors (Lipinski definition) is 2. The molecule has 1 N–H and O–H groups in total. The monoisotopic (exact) mass is 345 g/mol. The molecular formula is C16H28BrNO2. The molecule has 4 atom stereocenters. The van der Waals surface area contributed by atoms with Gasteiger partial charge in [0.1, 0.15) is 5.60 Å². The van der Waals surface area contributed by atoms with Gasteiger partial charge in [0.2, 0.25) is 0 Å². The Morgan fingerprint density at radius 2 is 1.95 bits per heavy atom. The average Bonchev–Trinajstić information content (AvgIpc) is 2.89. The average molecular weight is 346 g/mol. The molecule has 2 aliphatic rings. The number of hydrogen-bond donors (Lipinski definition) is 1. The molecule has 3 nitrogen and oxygen atoms in total. The van der Waals surface area contributed by atoms with Crippen LogP contribution in [0.4, 0.5) is 4.79 Å². The van der Waals surface area contributed by atoms with Crippen LogP contribution >= 0.6 is 15.9 Å². The summed E-state index contributed by atoms with van der Waals surface area (Å²) in [5.41, 5.74) is -0.410. The van der Waals surface area contributed by atoms with Gasteiger partial charge in [-0.25, -0.2) is 4.79 Å². The van der Waals surface area contributed by atoms with Crippen LogP contribution in [0.2, 0.25) is 0 Å². The topological polar surface area (TPSA) is 38.3 Å². The Bertz CT molecular complexity index is 340. The van der Waals surface area contributed by atoms with Crippen LogP contribution in [0.1, 0.15) is 59.3 Å². The summed E-state index contributed by atoms with van der Waals surface area (Å²) < 4.78 is 5.42. The van der Waals surface area contributed by atoms with Crippen molar-refractivity contribution in [1.82, 2.24) is 5.32 Å². The predicted octanol–water partition coefficient (Wildman–Crippen LogP) is 4.49. The molecule has 2 rings (SSSR count). The molecule has 2 fully saturated rings. The summed E-state index contributed by atoms with van der Waals surface area (Å²) in [6, 6.07) is 0.346. The Morgan fingerprint density at radius 1 is 1.25 bits per heavy atom.